The number of aliphatic hydroxyl groups is 1. The second-order valence-electron chi connectivity index (χ2n) is 6.43. The third-order valence-corrected chi connectivity index (χ3v) is 4.73. The van der Waals surface area contributed by atoms with Crippen LogP contribution in [0.2, 0.25) is 5.02 Å². The van der Waals surface area contributed by atoms with Crippen molar-refractivity contribution in [3.63, 3.8) is 0 Å². The molecule has 0 spiro atoms. The Bertz CT molecular complexity index is 733. The molecule has 0 aliphatic carbocycles. The summed E-state index contributed by atoms with van der Waals surface area (Å²) in [5, 5.41) is 20.8. The fraction of sp³-hybridized carbons (Fsp3) is 0.444. The van der Waals surface area contributed by atoms with Crippen LogP contribution in [0, 0.1) is 5.92 Å². The molecular weight excluding hydrogens is 375 g/mol. The maximum atomic E-state index is 12.6. The van der Waals surface area contributed by atoms with Gasteiger partial charge < -0.3 is 15.7 Å². The first-order valence-corrected chi connectivity index (χ1v) is 8.93. The molecule has 3 N–H and O–H groups in total. The van der Waals surface area contributed by atoms with Crippen molar-refractivity contribution in [1.29, 1.82) is 0 Å². The van der Waals surface area contributed by atoms with Gasteiger partial charge in [-0.05, 0) is 38.4 Å². The number of anilines is 1. The number of nitrogens with one attached hydrogen (secondary N) is 2. The highest BCUT2D eigenvalue weighted by Gasteiger charge is 2.25. The number of piperidine rings is 1. The molecule has 0 bridgehead atoms. The molecule has 1 aromatic heterocycles. The molecule has 1 saturated heterocycles. The van der Waals surface area contributed by atoms with Gasteiger partial charge in [0.1, 0.15) is 5.82 Å². The monoisotopic (exact) mass is 398 g/mol. The minimum atomic E-state index is -0.0466. The highest BCUT2D eigenvalue weighted by molar-refractivity contribution is 6.30. The van der Waals surface area contributed by atoms with Crippen LogP contribution in [-0.4, -0.2) is 40.0 Å². The summed E-state index contributed by atoms with van der Waals surface area (Å²) in [5.74, 6) is 0.609. The van der Waals surface area contributed by atoms with Gasteiger partial charge in [0.2, 0.25) is 5.91 Å². The zero-order valence-corrected chi connectivity index (χ0v) is 16.2. The van der Waals surface area contributed by atoms with Gasteiger partial charge in [-0.1, -0.05) is 23.7 Å². The average Bonchev–Trinajstić information content (AvgIpc) is 2.98. The van der Waals surface area contributed by atoms with E-state index in [1.54, 1.807) is 16.8 Å². The molecule has 0 radical (unpaired) electrons. The van der Waals surface area contributed by atoms with Crippen molar-refractivity contribution in [2.45, 2.75) is 32.4 Å². The fourth-order valence-corrected chi connectivity index (χ4v) is 3.27. The lowest BCUT2D eigenvalue weighted by Crippen LogP contribution is -2.40. The van der Waals surface area contributed by atoms with Gasteiger partial charge in [0, 0.05) is 28.6 Å². The molecule has 0 unspecified atom stereocenters. The topological polar surface area (TPSA) is 79.2 Å². The van der Waals surface area contributed by atoms with Crippen molar-refractivity contribution in [2.75, 3.05) is 18.5 Å². The quantitative estimate of drug-likeness (QED) is 0.723. The number of hydrogen-bond donors (Lipinski definition) is 3. The molecule has 6 nitrogen and oxygen atoms in total. The van der Waals surface area contributed by atoms with Crippen LogP contribution >= 0.6 is 24.0 Å². The van der Waals surface area contributed by atoms with E-state index in [1.165, 1.54) is 0 Å². The van der Waals surface area contributed by atoms with Gasteiger partial charge in [0.15, 0.2) is 0 Å². The number of hydrogen-bond acceptors (Lipinski definition) is 4. The van der Waals surface area contributed by atoms with Gasteiger partial charge in [0.25, 0.3) is 0 Å². The van der Waals surface area contributed by atoms with Gasteiger partial charge in [-0.15, -0.1) is 12.4 Å². The summed E-state index contributed by atoms with van der Waals surface area (Å²) < 4.78 is 1.63. The largest absolute Gasteiger partial charge is 0.394 e. The van der Waals surface area contributed by atoms with Crippen LogP contribution in [0.5, 0.6) is 0 Å². The zero-order chi connectivity index (χ0) is 17.8. The number of benzene rings is 1. The van der Waals surface area contributed by atoms with E-state index in [9.17, 15) is 9.90 Å². The van der Waals surface area contributed by atoms with Crippen LogP contribution in [0.3, 0.4) is 0 Å². The lowest BCUT2D eigenvalue weighted by Gasteiger charge is -2.27. The van der Waals surface area contributed by atoms with E-state index in [0.29, 0.717) is 23.4 Å². The minimum Gasteiger partial charge on any atom is -0.394 e. The first-order chi connectivity index (χ1) is 12.1. The molecular formula is C18H24Cl2N4O2. The molecule has 1 aromatic carbocycles. The first-order valence-electron chi connectivity index (χ1n) is 8.55. The summed E-state index contributed by atoms with van der Waals surface area (Å²) in [5.41, 5.74) is 1.64. The molecule has 1 fully saturated rings. The number of aromatic nitrogens is 2. The van der Waals surface area contributed by atoms with Gasteiger partial charge in [-0.25, -0.2) is 4.68 Å². The van der Waals surface area contributed by atoms with Crippen molar-refractivity contribution in [2.24, 2.45) is 5.92 Å². The molecule has 2 atom stereocenters. The van der Waals surface area contributed by atoms with E-state index in [0.717, 1.165) is 30.6 Å². The Morgan fingerprint density at radius 1 is 1.42 bits per heavy atom. The van der Waals surface area contributed by atoms with Crippen LogP contribution in [0.25, 0.3) is 11.3 Å². The smallest absolute Gasteiger partial charge is 0.228 e. The Hall–Kier alpha value is -1.60. The molecule has 0 saturated carbocycles. The maximum absolute atomic E-state index is 12.6. The second-order valence-corrected chi connectivity index (χ2v) is 6.87. The number of rotatable bonds is 5. The molecule has 1 aliphatic heterocycles. The lowest BCUT2D eigenvalue weighted by atomic mass is 9.92. The summed E-state index contributed by atoms with van der Waals surface area (Å²) in [4.78, 5) is 12.6. The second kappa shape index (κ2) is 9.37. The van der Waals surface area contributed by atoms with Crippen molar-refractivity contribution in [3.05, 3.63) is 35.4 Å². The predicted molar refractivity (Wildman–Crippen MR) is 106 cm³/mol. The van der Waals surface area contributed by atoms with Crippen LogP contribution in [0.15, 0.2) is 30.3 Å². The van der Waals surface area contributed by atoms with Crippen molar-refractivity contribution >= 4 is 35.7 Å². The Labute approximate surface area is 164 Å². The predicted octanol–water partition coefficient (Wildman–Crippen LogP) is 2.94. The molecule has 2 aromatic rings. The average molecular weight is 399 g/mol. The van der Waals surface area contributed by atoms with E-state index in [-0.39, 0.29) is 30.8 Å². The summed E-state index contributed by atoms with van der Waals surface area (Å²) in [6.45, 7) is 3.22. The summed E-state index contributed by atoms with van der Waals surface area (Å²) >= 11 is 5.93. The van der Waals surface area contributed by atoms with Crippen LogP contribution in [0.1, 0.15) is 19.8 Å². The molecule has 1 aliphatic rings. The maximum Gasteiger partial charge on any atom is 0.228 e. The Kier molecular flexibility index (Phi) is 7.46. The summed E-state index contributed by atoms with van der Waals surface area (Å²) in [7, 11) is 0. The number of nitrogens with zero attached hydrogens (tertiary/aromatic N) is 2. The Morgan fingerprint density at radius 3 is 2.81 bits per heavy atom. The van der Waals surface area contributed by atoms with Gasteiger partial charge in [-0.2, -0.15) is 5.10 Å². The molecule has 26 heavy (non-hydrogen) atoms. The van der Waals surface area contributed by atoms with E-state index in [1.807, 2.05) is 18.2 Å². The molecule has 1 amide bonds. The number of halogens is 2. The van der Waals surface area contributed by atoms with Gasteiger partial charge in [-0.3, -0.25) is 4.79 Å². The summed E-state index contributed by atoms with van der Waals surface area (Å²) in [6.07, 6.45) is 1.65. The van der Waals surface area contributed by atoms with E-state index in [2.05, 4.69) is 22.7 Å². The normalized spacial score (nSPS) is 19.7. The van der Waals surface area contributed by atoms with Crippen LogP contribution in [-0.2, 0) is 11.3 Å². The first kappa shape index (κ1) is 20.7. The number of aliphatic hydroxyl groups excluding tert-OH is 1. The van der Waals surface area contributed by atoms with Crippen LogP contribution < -0.4 is 10.6 Å². The summed E-state index contributed by atoms with van der Waals surface area (Å²) in [6, 6.07) is 9.55. The van der Waals surface area contributed by atoms with Gasteiger partial charge >= 0.3 is 0 Å². The van der Waals surface area contributed by atoms with E-state index < -0.39 is 0 Å². The highest BCUT2D eigenvalue weighted by Crippen LogP contribution is 2.25. The third kappa shape index (κ3) is 4.98. The molecule has 3 rings (SSSR count). The zero-order valence-electron chi connectivity index (χ0n) is 14.6. The number of amides is 1. The van der Waals surface area contributed by atoms with Crippen molar-refractivity contribution < 1.29 is 9.90 Å². The highest BCUT2D eigenvalue weighted by atomic mass is 35.5. The molecule has 8 heteroatoms. The Balaban J connectivity index is 0.00000243. The van der Waals surface area contributed by atoms with Crippen molar-refractivity contribution in [3.8, 4) is 11.3 Å². The fourth-order valence-electron chi connectivity index (χ4n) is 3.14. The third-order valence-electron chi connectivity index (χ3n) is 4.48. The number of carbonyl (C=O) groups excluding carboxylic acids is 1. The molecule has 142 valence electrons. The van der Waals surface area contributed by atoms with Crippen molar-refractivity contribution in [1.82, 2.24) is 15.1 Å². The van der Waals surface area contributed by atoms with Crippen LogP contribution in [0.4, 0.5) is 5.82 Å². The Morgan fingerprint density at radius 2 is 2.15 bits per heavy atom. The lowest BCUT2D eigenvalue weighted by molar-refractivity contribution is -0.120. The van der Waals surface area contributed by atoms with E-state index in [4.69, 9.17) is 11.6 Å². The SMILES string of the molecule is C[C@H]1C[C@@H](C(=O)Nc2cc(-c3ccc(Cl)cc3)nn2CCO)CCN1.Cl. The van der Waals surface area contributed by atoms with E-state index >= 15 is 0 Å². The number of carbonyl (C=O) groups is 1. The minimum absolute atomic E-state index is 0. The van der Waals surface area contributed by atoms with Gasteiger partial charge in [0.05, 0.1) is 18.8 Å². The standard InChI is InChI=1S/C18H23ClN4O2.ClH/c1-12-10-14(6-7-20-12)18(25)21-17-11-16(22-23(17)8-9-24)13-2-4-15(19)5-3-13;/h2-5,11-12,14,20,24H,6-10H2,1H3,(H,21,25);1H/t12-,14-;/m0./s1. The molecule has 2 heterocycles.